The van der Waals surface area contributed by atoms with E-state index in [9.17, 15) is 4.79 Å². The minimum absolute atomic E-state index is 0.161. The summed E-state index contributed by atoms with van der Waals surface area (Å²) < 4.78 is 7.62. The normalized spacial score (nSPS) is 19.0. The Kier molecular flexibility index (Phi) is 5.87. The van der Waals surface area contributed by atoms with Crippen LogP contribution in [0.15, 0.2) is 24.4 Å². The number of nitrogens with one attached hydrogen (secondary N) is 1. The molecule has 1 saturated heterocycles. The van der Waals surface area contributed by atoms with Crippen LogP contribution in [0.2, 0.25) is 0 Å². The van der Waals surface area contributed by atoms with E-state index in [2.05, 4.69) is 42.1 Å². The second kappa shape index (κ2) is 8.51. The van der Waals surface area contributed by atoms with Gasteiger partial charge in [0.2, 0.25) is 5.91 Å². The summed E-state index contributed by atoms with van der Waals surface area (Å²) in [6, 6.07) is 6.38. The molecule has 0 bridgehead atoms. The van der Waals surface area contributed by atoms with E-state index in [1.807, 2.05) is 0 Å². The number of fused-ring (bicyclic) bond motifs is 1. The summed E-state index contributed by atoms with van der Waals surface area (Å²) in [6.07, 6.45) is 11.8. The molecule has 27 heavy (non-hydrogen) atoms. The van der Waals surface area contributed by atoms with Crippen LogP contribution in [0.4, 0.5) is 5.69 Å². The van der Waals surface area contributed by atoms with Crippen LogP contribution in [0.25, 0.3) is 10.9 Å². The Balaban J connectivity index is 1.44. The van der Waals surface area contributed by atoms with Gasteiger partial charge in [-0.05, 0) is 18.4 Å². The average Bonchev–Trinajstić information content (AvgIpc) is 2.80. The number of ether oxygens (including phenoxy) is 1. The maximum absolute atomic E-state index is 12.7. The number of carbonyl (C=O) groups excluding carboxylic acids is 1. The molecule has 0 unspecified atom stereocenters. The van der Waals surface area contributed by atoms with Crippen molar-refractivity contribution in [3.8, 4) is 0 Å². The van der Waals surface area contributed by atoms with Gasteiger partial charge in [0.1, 0.15) is 7.85 Å². The quantitative estimate of drug-likeness (QED) is 0.630. The van der Waals surface area contributed by atoms with E-state index in [-0.39, 0.29) is 5.91 Å². The number of benzene rings is 1. The van der Waals surface area contributed by atoms with Gasteiger partial charge in [0.25, 0.3) is 0 Å². The van der Waals surface area contributed by atoms with Crippen LogP contribution in [0.3, 0.4) is 0 Å². The topological polar surface area (TPSA) is 43.3 Å². The molecule has 1 aromatic carbocycles. The van der Waals surface area contributed by atoms with Gasteiger partial charge in [0, 0.05) is 36.0 Å². The molecule has 4 rings (SSSR count). The molecule has 5 heteroatoms. The minimum Gasteiger partial charge on any atom is -0.381 e. The third-order valence-electron chi connectivity index (χ3n) is 6.30. The molecular weight excluding hydrogens is 335 g/mol. The first-order chi connectivity index (χ1) is 13.2. The molecule has 2 aliphatic rings. The number of nitrogens with zero attached hydrogens (tertiary/aromatic N) is 1. The highest BCUT2D eigenvalue weighted by Crippen LogP contribution is 2.28. The van der Waals surface area contributed by atoms with E-state index in [0.29, 0.717) is 12.3 Å². The molecule has 0 atom stereocenters. The van der Waals surface area contributed by atoms with Gasteiger partial charge in [-0.1, -0.05) is 56.1 Å². The van der Waals surface area contributed by atoms with Crippen LogP contribution in [0.5, 0.6) is 0 Å². The summed E-state index contributed by atoms with van der Waals surface area (Å²) in [4.78, 5) is 12.7. The zero-order valence-corrected chi connectivity index (χ0v) is 16.5. The molecule has 1 amide bonds. The van der Waals surface area contributed by atoms with Crippen molar-refractivity contribution in [2.24, 2.45) is 11.8 Å². The maximum Gasteiger partial charge on any atom is 0.224 e. The van der Waals surface area contributed by atoms with E-state index in [0.717, 1.165) is 37.8 Å². The number of hydrogen-bond donors (Lipinski definition) is 1. The Morgan fingerprint density at radius 1 is 1.15 bits per heavy atom. The SMILES string of the molecule is Bc1cccc2c1c(NC(=O)CCC1CCCCCC1)cn2CC1COC1. The first-order valence-electron chi connectivity index (χ1n) is 10.7. The highest BCUT2D eigenvalue weighted by molar-refractivity contribution is 6.40. The fourth-order valence-corrected chi connectivity index (χ4v) is 4.65. The Morgan fingerprint density at radius 2 is 1.93 bits per heavy atom. The van der Waals surface area contributed by atoms with E-state index in [1.54, 1.807) is 0 Å². The lowest BCUT2D eigenvalue weighted by Gasteiger charge is -2.26. The molecule has 2 aromatic rings. The van der Waals surface area contributed by atoms with Crippen LogP contribution in [0, 0.1) is 11.8 Å². The molecule has 0 radical (unpaired) electrons. The Hall–Kier alpha value is -1.75. The molecule has 2 heterocycles. The summed E-state index contributed by atoms with van der Waals surface area (Å²) in [5.74, 6) is 1.48. The number of amides is 1. The van der Waals surface area contributed by atoms with Crippen LogP contribution in [-0.4, -0.2) is 31.5 Å². The molecule has 0 spiro atoms. The lowest BCUT2D eigenvalue weighted by Crippen LogP contribution is -2.31. The number of aromatic nitrogens is 1. The van der Waals surface area contributed by atoms with E-state index in [1.165, 1.54) is 54.9 Å². The van der Waals surface area contributed by atoms with Crippen molar-refractivity contribution in [3.05, 3.63) is 24.4 Å². The first-order valence-corrected chi connectivity index (χ1v) is 10.7. The van der Waals surface area contributed by atoms with E-state index in [4.69, 9.17) is 4.74 Å². The van der Waals surface area contributed by atoms with Gasteiger partial charge in [0.15, 0.2) is 0 Å². The summed E-state index contributed by atoms with van der Waals surface area (Å²) in [5, 5.41) is 4.40. The van der Waals surface area contributed by atoms with Crippen molar-refractivity contribution >= 4 is 35.8 Å². The molecule has 1 saturated carbocycles. The molecule has 4 nitrogen and oxygen atoms in total. The van der Waals surface area contributed by atoms with Crippen LogP contribution < -0.4 is 10.8 Å². The highest BCUT2D eigenvalue weighted by Gasteiger charge is 2.21. The largest absolute Gasteiger partial charge is 0.381 e. The zero-order chi connectivity index (χ0) is 18.6. The summed E-state index contributed by atoms with van der Waals surface area (Å²) in [5.41, 5.74) is 3.39. The average molecular weight is 366 g/mol. The lowest BCUT2D eigenvalue weighted by molar-refractivity contribution is -0.116. The van der Waals surface area contributed by atoms with Crippen LogP contribution in [-0.2, 0) is 16.1 Å². The van der Waals surface area contributed by atoms with Gasteiger partial charge in [-0.2, -0.15) is 0 Å². The van der Waals surface area contributed by atoms with Gasteiger partial charge in [-0.25, -0.2) is 0 Å². The van der Waals surface area contributed by atoms with Gasteiger partial charge >= 0.3 is 0 Å². The molecular formula is C22H31BN2O2. The standard InChI is InChI=1S/C22H31BN2O2/c23-18-8-5-9-20-22(18)19(13-25(20)12-17-14-27-15-17)24-21(26)11-10-16-6-3-1-2-4-7-16/h5,8-9,13,16-17H,1-4,6-7,10-12,14-15,23H2,(H,24,26). The second-order valence-electron chi connectivity index (χ2n) is 8.51. The van der Waals surface area contributed by atoms with E-state index < -0.39 is 0 Å². The van der Waals surface area contributed by atoms with Crippen molar-refractivity contribution < 1.29 is 9.53 Å². The first kappa shape index (κ1) is 18.6. The molecule has 2 fully saturated rings. The van der Waals surface area contributed by atoms with Crippen molar-refractivity contribution in [1.82, 2.24) is 4.57 Å². The second-order valence-corrected chi connectivity index (χ2v) is 8.51. The number of anilines is 1. The fourth-order valence-electron chi connectivity index (χ4n) is 4.65. The third kappa shape index (κ3) is 4.40. The van der Waals surface area contributed by atoms with Crippen molar-refractivity contribution in [1.29, 1.82) is 0 Å². The monoisotopic (exact) mass is 366 g/mol. The molecule has 144 valence electrons. The Bertz CT molecular complexity index is 789. The molecule has 1 N–H and O–H groups in total. The van der Waals surface area contributed by atoms with E-state index >= 15 is 0 Å². The molecule has 1 aromatic heterocycles. The minimum atomic E-state index is 0.161. The van der Waals surface area contributed by atoms with Crippen LogP contribution >= 0.6 is 0 Å². The fraction of sp³-hybridized carbons (Fsp3) is 0.591. The third-order valence-corrected chi connectivity index (χ3v) is 6.30. The number of carbonyl (C=O) groups is 1. The summed E-state index contributed by atoms with van der Waals surface area (Å²) >= 11 is 0. The number of hydrogen-bond acceptors (Lipinski definition) is 2. The Morgan fingerprint density at radius 3 is 2.63 bits per heavy atom. The molecule has 1 aliphatic carbocycles. The van der Waals surface area contributed by atoms with Gasteiger partial charge in [-0.3, -0.25) is 4.79 Å². The van der Waals surface area contributed by atoms with Gasteiger partial charge in [-0.15, -0.1) is 0 Å². The maximum atomic E-state index is 12.7. The van der Waals surface area contributed by atoms with Crippen molar-refractivity contribution in [2.75, 3.05) is 18.5 Å². The zero-order valence-electron chi connectivity index (χ0n) is 16.5. The smallest absolute Gasteiger partial charge is 0.224 e. The molecule has 1 aliphatic heterocycles. The summed E-state index contributed by atoms with van der Waals surface area (Å²) in [7, 11) is 2.13. The van der Waals surface area contributed by atoms with Crippen molar-refractivity contribution in [3.63, 3.8) is 0 Å². The predicted octanol–water partition coefficient (Wildman–Crippen LogP) is 3.24. The summed E-state index contributed by atoms with van der Waals surface area (Å²) in [6.45, 7) is 2.64. The highest BCUT2D eigenvalue weighted by atomic mass is 16.5. The predicted molar refractivity (Wildman–Crippen MR) is 113 cm³/mol. The Labute approximate surface area is 163 Å². The van der Waals surface area contributed by atoms with Crippen molar-refractivity contribution in [2.45, 2.75) is 57.9 Å². The van der Waals surface area contributed by atoms with Crippen LogP contribution in [0.1, 0.15) is 51.4 Å². The number of rotatable bonds is 6. The van der Waals surface area contributed by atoms with Gasteiger partial charge < -0.3 is 14.6 Å². The lowest BCUT2D eigenvalue weighted by atomic mass is 9.92. The van der Waals surface area contributed by atoms with Gasteiger partial charge in [0.05, 0.1) is 18.9 Å².